The second kappa shape index (κ2) is 5.41. The lowest BCUT2D eigenvalue weighted by Crippen LogP contribution is -2.33. The van der Waals surface area contributed by atoms with E-state index in [1.807, 2.05) is 6.92 Å². The molecule has 0 radical (unpaired) electrons. The molecule has 0 bridgehead atoms. The Morgan fingerprint density at radius 3 is 2.83 bits per heavy atom. The molecule has 0 saturated carbocycles. The Bertz CT molecular complexity index is 400. The van der Waals surface area contributed by atoms with Crippen LogP contribution in [0.15, 0.2) is 24.3 Å². The van der Waals surface area contributed by atoms with Crippen molar-refractivity contribution in [3.05, 3.63) is 35.4 Å². The molecule has 1 aliphatic rings. The molecule has 0 heterocycles. The summed E-state index contributed by atoms with van der Waals surface area (Å²) in [5.74, 6) is 0. The maximum absolute atomic E-state index is 9.62. The third kappa shape index (κ3) is 2.76. The number of benzene rings is 1. The first-order chi connectivity index (χ1) is 8.54. The Morgan fingerprint density at radius 2 is 2.11 bits per heavy atom. The van der Waals surface area contributed by atoms with Crippen LogP contribution in [0.2, 0.25) is 0 Å². The van der Waals surface area contributed by atoms with Crippen molar-refractivity contribution >= 4 is 0 Å². The zero-order valence-corrected chi connectivity index (χ0v) is 11.7. The highest BCUT2D eigenvalue weighted by Crippen LogP contribution is 2.44. The molecular weight excluding hydrogens is 222 g/mol. The Morgan fingerprint density at radius 1 is 1.39 bits per heavy atom. The van der Waals surface area contributed by atoms with Gasteiger partial charge in [0, 0.05) is 6.04 Å². The number of aliphatic hydroxyl groups is 1. The molecule has 100 valence electrons. The minimum Gasteiger partial charge on any atom is -0.393 e. The summed E-state index contributed by atoms with van der Waals surface area (Å²) in [4.78, 5) is 0. The van der Waals surface area contributed by atoms with Crippen LogP contribution in [-0.2, 0) is 6.42 Å². The number of rotatable bonds is 5. The van der Waals surface area contributed by atoms with E-state index in [-0.39, 0.29) is 11.5 Å². The van der Waals surface area contributed by atoms with E-state index in [4.69, 9.17) is 0 Å². The Hall–Kier alpha value is -0.860. The molecule has 0 saturated heterocycles. The molecule has 0 aliphatic heterocycles. The summed E-state index contributed by atoms with van der Waals surface area (Å²) in [6.07, 6.45) is 2.65. The van der Waals surface area contributed by atoms with Gasteiger partial charge in [-0.25, -0.2) is 0 Å². The smallest absolute Gasteiger partial charge is 0.0549 e. The van der Waals surface area contributed by atoms with Gasteiger partial charge < -0.3 is 10.4 Å². The van der Waals surface area contributed by atoms with Crippen LogP contribution in [-0.4, -0.2) is 17.8 Å². The van der Waals surface area contributed by atoms with Gasteiger partial charge >= 0.3 is 0 Å². The summed E-state index contributed by atoms with van der Waals surface area (Å²) in [5.41, 5.74) is 3.17. The summed E-state index contributed by atoms with van der Waals surface area (Å²) in [6.45, 7) is 7.55. The normalized spacial score (nSPS) is 22.8. The standard InChI is InChI=1S/C16H25NO/c1-4-13(18)9-10-17-15-14-8-6-5-7-12(14)11-16(15,2)3/h5-8,13,15,17-18H,4,9-11H2,1-3H3. The van der Waals surface area contributed by atoms with Gasteiger partial charge in [0.25, 0.3) is 0 Å². The van der Waals surface area contributed by atoms with Crippen LogP contribution < -0.4 is 5.32 Å². The minimum atomic E-state index is -0.169. The molecule has 2 heteroatoms. The van der Waals surface area contributed by atoms with Crippen LogP contribution in [0.25, 0.3) is 0 Å². The molecule has 18 heavy (non-hydrogen) atoms. The molecule has 1 aromatic carbocycles. The summed E-state index contributed by atoms with van der Waals surface area (Å²) in [5, 5.41) is 13.3. The Labute approximate surface area is 110 Å². The van der Waals surface area contributed by atoms with Gasteiger partial charge in [0.05, 0.1) is 6.10 Å². The first-order valence-corrected chi connectivity index (χ1v) is 7.04. The largest absolute Gasteiger partial charge is 0.393 e. The Balaban J connectivity index is 2.02. The lowest BCUT2D eigenvalue weighted by Gasteiger charge is -2.29. The number of nitrogens with one attached hydrogen (secondary N) is 1. The fourth-order valence-electron chi connectivity index (χ4n) is 2.98. The fraction of sp³-hybridized carbons (Fsp3) is 0.625. The van der Waals surface area contributed by atoms with Crippen molar-refractivity contribution in [2.75, 3.05) is 6.54 Å². The van der Waals surface area contributed by atoms with Gasteiger partial charge in [-0.05, 0) is 42.3 Å². The third-order valence-electron chi connectivity index (χ3n) is 4.09. The van der Waals surface area contributed by atoms with Crippen LogP contribution in [0.5, 0.6) is 0 Å². The zero-order valence-electron chi connectivity index (χ0n) is 11.7. The second-order valence-corrected chi connectivity index (χ2v) is 6.10. The van der Waals surface area contributed by atoms with Crippen molar-refractivity contribution in [2.24, 2.45) is 5.41 Å². The average molecular weight is 247 g/mol. The SMILES string of the molecule is CCC(O)CCNC1c2ccccc2CC1(C)C. The molecule has 2 nitrogen and oxygen atoms in total. The molecule has 0 amide bonds. The summed E-state index contributed by atoms with van der Waals surface area (Å²) >= 11 is 0. The van der Waals surface area contributed by atoms with Crippen molar-refractivity contribution in [1.82, 2.24) is 5.32 Å². The van der Waals surface area contributed by atoms with Crippen molar-refractivity contribution in [3.8, 4) is 0 Å². The number of fused-ring (bicyclic) bond motifs is 1. The van der Waals surface area contributed by atoms with Crippen molar-refractivity contribution in [1.29, 1.82) is 0 Å². The highest BCUT2D eigenvalue weighted by atomic mass is 16.3. The summed E-state index contributed by atoms with van der Waals surface area (Å²) in [7, 11) is 0. The third-order valence-corrected chi connectivity index (χ3v) is 4.09. The van der Waals surface area contributed by atoms with Crippen LogP contribution in [0.1, 0.15) is 50.8 Å². The molecular formula is C16H25NO. The van der Waals surface area contributed by atoms with Crippen molar-refractivity contribution < 1.29 is 5.11 Å². The first-order valence-electron chi connectivity index (χ1n) is 7.04. The van der Waals surface area contributed by atoms with Gasteiger partial charge in [0.1, 0.15) is 0 Å². The zero-order chi connectivity index (χ0) is 13.2. The monoisotopic (exact) mass is 247 g/mol. The molecule has 2 N–H and O–H groups in total. The highest BCUT2D eigenvalue weighted by Gasteiger charge is 2.38. The quantitative estimate of drug-likeness (QED) is 0.838. The van der Waals surface area contributed by atoms with Gasteiger partial charge in [-0.3, -0.25) is 0 Å². The van der Waals surface area contributed by atoms with Crippen molar-refractivity contribution in [3.63, 3.8) is 0 Å². The van der Waals surface area contributed by atoms with E-state index >= 15 is 0 Å². The Kier molecular flexibility index (Phi) is 4.08. The van der Waals surface area contributed by atoms with Gasteiger partial charge in [-0.2, -0.15) is 0 Å². The maximum atomic E-state index is 9.62. The van der Waals surface area contributed by atoms with Gasteiger partial charge in [-0.1, -0.05) is 45.0 Å². The minimum absolute atomic E-state index is 0.169. The molecule has 0 aromatic heterocycles. The molecule has 1 aliphatic carbocycles. The predicted molar refractivity (Wildman–Crippen MR) is 75.6 cm³/mol. The lowest BCUT2D eigenvalue weighted by atomic mass is 9.85. The topological polar surface area (TPSA) is 32.3 Å². The molecule has 0 fully saturated rings. The second-order valence-electron chi connectivity index (χ2n) is 6.10. The van der Waals surface area contributed by atoms with Crippen molar-refractivity contribution in [2.45, 2.75) is 52.2 Å². The number of hydrogen-bond donors (Lipinski definition) is 2. The maximum Gasteiger partial charge on any atom is 0.0549 e. The average Bonchev–Trinajstić information content (AvgIpc) is 2.60. The molecule has 1 aromatic rings. The van der Waals surface area contributed by atoms with Gasteiger partial charge in [0.2, 0.25) is 0 Å². The van der Waals surface area contributed by atoms with E-state index in [0.717, 1.165) is 25.8 Å². The summed E-state index contributed by atoms with van der Waals surface area (Å²) in [6, 6.07) is 9.13. The molecule has 2 unspecified atom stereocenters. The lowest BCUT2D eigenvalue weighted by molar-refractivity contribution is 0.154. The number of aliphatic hydroxyl groups excluding tert-OH is 1. The van der Waals surface area contributed by atoms with E-state index < -0.39 is 0 Å². The number of hydrogen-bond acceptors (Lipinski definition) is 2. The van der Waals surface area contributed by atoms with E-state index in [9.17, 15) is 5.11 Å². The molecule has 0 spiro atoms. The van der Waals surface area contributed by atoms with Crippen LogP contribution >= 0.6 is 0 Å². The van der Waals surface area contributed by atoms with E-state index in [2.05, 4.69) is 43.4 Å². The fourth-order valence-corrected chi connectivity index (χ4v) is 2.98. The van der Waals surface area contributed by atoms with E-state index in [1.165, 1.54) is 11.1 Å². The van der Waals surface area contributed by atoms with E-state index in [1.54, 1.807) is 0 Å². The predicted octanol–water partition coefficient (Wildman–Crippen LogP) is 3.06. The summed E-state index contributed by atoms with van der Waals surface area (Å²) < 4.78 is 0. The van der Waals surface area contributed by atoms with Gasteiger partial charge in [-0.15, -0.1) is 0 Å². The van der Waals surface area contributed by atoms with Crippen LogP contribution in [0, 0.1) is 5.41 Å². The van der Waals surface area contributed by atoms with E-state index in [0.29, 0.717) is 6.04 Å². The molecule has 2 rings (SSSR count). The molecule has 2 atom stereocenters. The van der Waals surface area contributed by atoms with Gasteiger partial charge in [0.15, 0.2) is 0 Å². The van der Waals surface area contributed by atoms with Crippen LogP contribution in [0.3, 0.4) is 0 Å². The van der Waals surface area contributed by atoms with Crippen LogP contribution in [0.4, 0.5) is 0 Å². The highest BCUT2D eigenvalue weighted by molar-refractivity contribution is 5.37. The first kappa shape index (κ1) is 13.6.